The molecule has 0 radical (unpaired) electrons. The van der Waals surface area contributed by atoms with Crippen molar-refractivity contribution in [2.45, 2.75) is 46.5 Å². The molecule has 1 atom stereocenters. The molecule has 0 saturated heterocycles. The molecule has 0 bridgehead atoms. The van der Waals surface area contributed by atoms with Crippen LogP contribution < -0.4 is 0 Å². The number of fused-ring (bicyclic) bond motifs is 3. The quantitative estimate of drug-likeness (QED) is 0.633. The number of hydrogen-bond donors (Lipinski definition) is 0. The van der Waals surface area contributed by atoms with Crippen molar-refractivity contribution in [2.75, 3.05) is 0 Å². The van der Waals surface area contributed by atoms with Crippen molar-refractivity contribution in [3.05, 3.63) is 34.1 Å². The molecule has 1 heteroatoms. The highest BCUT2D eigenvalue weighted by Crippen LogP contribution is 2.42. The fourth-order valence-corrected chi connectivity index (χ4v) is 3.12. The van der Waals surface area contributed by atoms with Gasteiger partial charge in [-0.1, -0.05) is 6.92 Å². The van der Waals surface area contributed by atoms with Crippen molar-refractivity contribution in [2.24, 2.45) is 0 Å². The van der Waals surface area contributed by atoms with Gasteiger partial charge in [-0.25, -0.2) is 0 Å². The molecule has 1 heterocycles. The second-order valence-corrected chi connectivity index (χ2v) is 5.18. The zero-order valence-electron chi connectivity index (χ0n) is 10.5. The Hall–Kier alpha value is -1.24. The maximum Gasteiger partial charge on any atom is 0.135 e. The van der Waals surface area contributed by atoms with E-state index in [4.69, 9.17) is 4.42 Å². The fourth-order valence-electron chi connectivity index (χ4n) is 3.12. The SMILES string of the molecule is Cc1cc2oc(C)c(C)c2c2c1CC[C@@H]2C. The molecule has 0 amide bonds. The van der Waals surface area contributed by atoms with Crippen LogP contribution in [-0.2, 0) is 6.42 Å². The third kappa shape index (κ3) is 1.12. The third-order valence-corrected chi connectivity index (χ3v) is 4.15. The van der Waals surface area contributed by atoms with Gasteiger partial charge >= 0.3 is 0 Å². The Morgan fingerprint density at radius 2 is 2.00 bits per heavy atom. The van der Waals surface area contributed by atoms with Crippen molar-refractivity contribution in [1.82, 2.24) is 0 Å². The summed E-state index contributed by atoms with van der Waals surface area (Å²) in [7, 11) is 0. The molecule has 1 nitrogen and oxygen atoms in total. The lowest BCUT2D eigenvalue weighted by atomic mass is 9.94. The highest BCUT2D eigenvalue weighted by atomic mass is 16.3. The van der Waals surface area contributed by atoms with E-state index in [0.29, 0.717) is 5.92 Å². The van der Waals surface area contributed by atoms with Crippen molar-refractivity contribution in [3.63, 3.8) is 0 Å². The van der Waals surface area contributed by atoms with Crippen LogP contribution in [0.15, 0.2) is 10.5 Å². The first-order chi connectivity index (χ1) is 7.59. The zero-order valence-corrected chi connectivity index (χ0v) is 10.5. The van der Waals surface area contributed by atoms with E-state index < -0.39 is 0 Å². The molecule has 0 N–H and O–H groups in total. The maximum absolute atomic E-state index is 5.85. The van der Waals surface area contributed by atoms with Crippen LogP contribution in [0.4, 0.5) is 0 Å². The summed E-state index contributed by atoms with van der Waals surface area (Å²) in [6.07, 6.45) is 2.53. The Labute approximate surface area is 96.5 Å². The molecule has 0 spiro atoms. The van der Waals surface area contributed by atoms with Crippen LogP contribution in [0.1, 0.15) is 47.3 Å². The molecule has 0 aliphatic heterocycles. The lowest BCUT2D eigenvalue weighted by Crippen LogP contribution is -1.91. The minimum atomic E-state index is 0.688. The van der Waals surface area contributed by atoms with Crippen molar-refractivity contribution < 1.29 is 4.42 Å². The average Bonchev–Trinajstić information content (AvgIpc) is 2.72. The van der Waals surface area contributed by atoms with Gasteiger partial charge in [0.15, 0.2) is 0 Å². The molecular weight excluding hydrogens is 196 g/mol. The summed E-state index contributed by atoms with van der Waals surface area (Å²) in [6, 6.07) is 2.21. The summed E-state index contributed by atoms with van der Waals surface area (Å²) in [4.78, 5) is 0. The monoisotopic (exact) mass is 214 g/mol. The summed E-state index contributed by atoms with van der Waals surface area (Å²) < 4.78 is 5.85. The van der Waals surface area contributed by atoms with Gasteiger partial charge < -0.3 is 4.42 Å². The van der Waals surface area contributed by atoms with Crippen LogP contribution in [0.2, 0.25) is 0 Å². The second kappa shape index (κ2) is 3.13. The lowest BCUT2D eigenvalue weighted by Gasteiger charge is -2.09. The van der Waals surface area contributed by atoms with E-state index in [0.717, 1.165) is 11.3 Å². The highest BCUT2D eigenvalue weighted by Gasteiger charge is 2.25. The molecule has 1 aliphatic rings. The van der Waals surface area contributed by atoms with E-state index in [1.807, 2.05) is 0 Å². The molecule has 0 unspecified atom stereocenters. The van der Waals surface area contributed by atoms with Crippen molar-refractivity contribution in [1.29, 1.82) is 0 Å². The Kier molecular flexibility index (Phi) is 1.95. The molecule has 3 rings (SSSR count). The summed E-state index contributed by atoms with van der Waals surface area (Å²) in [5.74, 6) is 1.76. The minimum absolute atomic E-state index is 0.688. The number of benzene rings is 1. The predicted octanol–water partition coefficient (Wildman–Crippen LogP) is 4.41. The standard InChI is InChI=1S/C15H18O/c1-8-5-6-12-9(2)7-13-15(14(8)12)10(3)11(4)16-13/h7-8H,5-6H2,1-4H3/t8-/m0/s1. The predicted molar refractivity (Wildman–Crippen MR) is 67.2 cm³/mol. The van der Waals surface area contributed by atoms with Crippen LogP contribution in [0, 0.1) is 20.8 Å². The van der Waals surface area contributed by atoms with Gasteiger partial charge in [0.05, 0.1) is 0 Å². The zero-order chi connectivity index (χ0) is 11.4. The molecule has 1 aromatic heterocycles. The van der Waals surface area contributed by atoms with Crippen LogP contribution in [0.5, 0.6) is 0 Å². The largest absolute Gasteiger partial charge is 0.461 e. The molecule has 16 heavy (non-hydrogen) atoms. The molecule has 1 aliphatic carbocycles. The first-order valence-corrected chi connectivity index (χ1v) is 6.11. The Morgan fingerprint density at radius 1 is 1.25 bits per heavy atom. The summed E-state index contributed by atoms with van der Waals surface area (Å²) >= 11 is 0. The van der Waals surface area contributed by atoms with Crippen LogP contribution >= 0.6 is 0 Å². The van der Waals surface area contributed by atoms with Gasteiger partial charge in [-0.15, -0.1) is 0 Å². The van der Waals surface area contributed by atoms with Crippen molar-refractivity contribution in [3.8, 4) is 0 Å². The van der Waals surface area contributed by atoms with E-state index in [2.05, 4.69) is 33.8 Å². The summed E-state index contributed by atoms with van der Waals surface area (Å²) in [5, 5.41) is 1.39. The molecule has 0 saturated carbocycles. The fraction of sp³-hybridized carbons (Fsp3) is 0.467. The number of furan rings is 1. The van der Waals surface area contributed by atoms with E-state index in [1.165, 1.54) is 29.4 Å². The van der Waals surface area contributed by atoms with E-state index in [9.17, 15) is 0 Å². The van der Waals surface area contributed by atoms with Crippen LogP contribution in [0.25, 0.3) is 11.0 Å². The molecule has 2 aromatic rings. The molecular formula is C15H18O. The summed E-state index contributed by atoms with van der Waals surface area (Å²) in [5.41, 5.74) is 6.95. The Morgan fingerprint density at radius 3 is 2.75 bits per heavy atom. The second-order valence-electron chi connectivity index (χ2n) is 5.18. The van der Waals surface area contributed by atoms with Gasteiger partial charge in [-0.05, 0) is 67.9 Å². The van der Waals surface area contributed by atoms with Gasteiger partial charge in [0.2, 0.25) is 0 Å². The molecule has 0 fully saturated rings. The molecule has 84 valence electrons. The van der Waals surface area contributed by atoms with E-state index in [-0.39, 0.29) is 0 Å². The van der Waals surface area contributed by atoms with Crippen LogP contribution in [-0.4, -0.2) is 0 Å². The van der Waals surface area contributed by atoms with Gasteiger partial charge in [-0.2, -0.15) is 0 Å². The topological polar surface area (TPSA) is 13.1 Å². The smallest absolute Gasteiger partial charge is 0.135 e. The number of hydrogen-bond acceptors (Lipinski definition) is 1. The van der Waals surface area contributed by atoms with E-state index >= 15 is 0 Å². The normalized spacial score (nSPS) is 19.4. The van der Waals surface area contributed by atoms with Crippen molar-refractivity contribution >= 4 is 11.0 Å². The Bertz CT molecular complexity index is 575. The average molecular weight is 214 g/mol. The number of rotatable bonds is 0. The highest BCUT2D eigenvalue weighted by molar-refractivity contribution is 5.88. The third-order valence-electron chi connectivity index (χ3n) is 4.15. The first-order valence-electron chi connectivity index (χ1n) is 6.11. The Balaban J connectivity index is 2.49. The van der Waals surface area contributed by atoms with Gasteiger partial charge in [0.25, 0.3) is 0 Å². The maximum atomic E-state index is 5.85. The van der Waals surface area contributed by atoms with Gasteiger partial charge in [-0.3, -0.25) is 0 Å². The van der Waals surface area contributed by atoms with Crippen LogP contribution in [0.3, 0.4) is 0 Å². The summed E-state index contributed by atoms with van der Waals surface area (Å²) in [6.45, 7) is 8.80. The van der Waals surface area contributed by atoms with Gasteiger partial charge in [0, 0.05) is 5.39 Å². The molecule has 1 aromatic carbocycles. The first kappa shape index (κ1) is 9.95. The lowest BCUT2D eigenvalue weighted by molar-refractivity contribution is 0.574. The van der Waals surface area contributed by atoms with Gasteiger partial charge in [0.1, 0.15) is 11.3 Å². The van der Waals surface area contributed by atoms with E-state index in [1.54, 1.807) is 11.1 Å². The minimum Gasteiger partial charge on any atom is -0.461 e. The number of aryl methyl sites for hydroxylation is 3.